The summed E-state index contributed by atoms with van der Waals surface area (Å²) in [6.45, 7) is 0.844. The van der Waals surface area contributed by atoms with Crippen LogP contribution in [0.5, 0.6) is 0 Å². The molecule has 0 radical (unpaired) electrons. The van der Waals surface area contributed by atoms with Crippen molar-refractivity contribution < 1.29 is 13.2 Å². The third-order valence-corrected chi connectivity index (χ3v) is 6.31. The van der Waals surface area contributed by atoms with E-state index < -0.39 is 10.0 Å². The number of hydrogen-bond donors (Lipinski definition) is 1. The highest BCUT2D eigenvalue weighted by atomic mass is 35.5. The summed E-state index contributed by atoms with van der Waals surface area (Å²) in [5.74, 6) is -0.147. The van der Waals surface area contributed by atoms with Gasteiger partial charge < -0.3 is 5.32 Å². The molecular weight excluding hydrogens is 360 g/mol. The second-order valence-corrected chi connectivity index (χ2v) is 8.35. The Bertz CT molecular complexity index is 869. The molecule has 2 aromatic rings. The number of rotatable bonds is 4. The molecule has 132 valence electrons. The van der Waals surface area contributed by atoms with E-state index in [2.05, 4.69) is 5.32 Å². The summed E-state index contributed by atoms with van der Waals surface area (Å²) in [5.41, 5.74) is 1.82. The zero-order valence-electron chi connectivity index (χ0n) is 13.6. The van der Waals surface area contributed by atoms with Crippen molar-refractivity contribution >= 4 is 33.2 Å². The lowest BCUT2D eigenvalue weighted by molar-refractivity contribution is 0.0951. The maximum atomic E-state index is 12.3. The first-order valence-corrected chi connectivity index (χ1v) is 10.1. The molecule has 1 fully saturated rings. The molecule has 0 unspecified atom stereocenters. The van der Waals surface area contributed by atoms with E-state index in [0.717, 1.165) is 12.0 Å². The van der Waals surface area contributed by atoms with Crippen LogP contribution in [0.1, 0.15) is 28.8 Å². The summed E-state index contributed by atoms with van der Waals surface area (Å²) in [6.07, 6.45) is 1.49. The highest BCUT2D eigenvalue weighted by Crippen LogP contribution is 2.28. The van der Waals surface area contributed by atoms with Crippen LogP contribution in [0.4, 0.5) is 5.69 Å². The smallest absolute Gasteiger partial charge is 0.253 e. The van der Waals surface area contributed by atoms with Crippen LogP contribution < -0.4 is 9.62 Å². The van der Waals surface area contributed by atoms with Gasteiger partial charge >= 0.3 is 0 Å². The SMILES string of the molecule is O=C(NCc1ccccc1)c1ccc(N2CCCCS2(=O)=O)cc1Cl. The van der Waals surface area contributed by atoms with Gasteiger partial charge in [-0.05, 0) is 36.6 Å². The summed E-state index contributed by atoms with van der Waals surface area (Å²) in [7, 11) is -3.30. The zero-order chi connectivity index (χ0) is 17.9. The van der Waals surface area contributed by atoms with Gasteiger partial charge in [-0.2, -0.15) is 0 Å². The van der Waals surface area contributed by atoms with E-state index in [-0.39, 0.29) is 16.7 Å². The summed E-state index contributed by atoms with van der Waals surface area (Å²) < 4.78 is 25.7. The fraction of sp³-hybridized carbons (Fsp3) is 0.278. The van der Waals surface area contributed by atoms with Gasteiger partial charge in [0.2, 0.25) is 10.0 Å². The molecule has 0 bridgehead atoms. The third kappa shape index (κ3) is 4.14. The Morgan fingerprint density at radius 2 is 1.88 bits per heavy atom. The van der Waals surface area contributed by atoms with Crippen LogP contribution in [0, 0.1) is 0 Å². The van der Waals surface area contributed by atoms with E-state index >= 15 is 0 Å². The Labute approximate surface area is 152 Å². The van der Waals surface area contributed by atoms with E-state index in [0.29, 0.717) is 30.8 Å². The number of nitrogens with zero attached hydrogens (tertiary/aromatic N) is 1. The third-order valence-electron chi connectivity index (χ3n) is 4.13. The minimum atomic E-state index is -3.30. The van der Waals surface area contributed by atoms with Gasteiger partial charge in [-0.3, -0.25) is 9.10 Å². The second-order valence-electron chi connectivity index (χ2n) is 5.93. The van der Waals surface area contributed by atoms with Crippen LogP contribution in [0.25, 0.3) is 0 Å². The predicted octanol–water partition coefficient (Wildman–Crippen LogP) is 3.20. The number of nitrogens with one attached hydrogen (secondary N) is 1. The lowest BCUT2D eigenvalue weighted by atomic mass is 10.1. The molecule has 0 saturated carbocycles. The minimum Gasteiger partial charge on any atom is -0.348 e. The zero-order valence-corrected chi connectivity index (χ0v) is 15.2. The highest BCUT2D eigenvalue weighted by Gasteiger charge is 2.26. The molecular formula is C18H19ClN2O3S. The summed E-state index contributed by atoms with van der Waals surface area (Å²) in [6, 6.07) is 14.3. The van der Waals surface area contributed by atoms with Crippen LogP contribution in [-0.2, 0) is 16.6 Å². The minimum absolute atomic E-state index is 0.143. The molecule has 0 aliphatic carbocycles. The molecule has 1 aliphatic heterocycles. The van der Waals surface area contributed by atoms with Crippen molar-refractivity contribution in [1.29, 1.82) is 0 Å². The molecule has 0 spiro atoms. The molecule has 7 heteroatoms. The Balaban J connectivity index is 1.74. The maximum Gasteiger partial charge on any atom is 0.253 e. The summed E-state index contributed by atoms with van der Waals surface area (Å²) >= 11 is 6.24. The average Bonchev–Trinajstić information content (AvgIpc) is 2.60. The van der Waals surface area contributed by atoms with Crippen molar-refractivity contribution in [3.63, 3.8) is 0 Å². The molecule has 1 amide bonds. The number of amides is 1. The van der Waals surface area contributed by atoms with Gasteiger partial charge in [0.15, 0.2) is 0 Å². The van der Waals surface area contributed by atoms with Crippen molar-refractivity contribution in [2.75, 3.05) is 16.6 Å². The van der Waals surface area contributed by atoms with Crippen LogP contribution in [0.2, 0.25) is 5.02 Å². The lowest BCUT2D eigenvalue weighted by Gasteiger charge is -2.28. The van der Waals surface area contributed by atoms with Crippen LogP contribution in [0.3, 0.4) is 0 Å². The number of carbonyl (C=O) groups is 1. The lowest BCUT2D eigenvalue weighted by Crippen LogP contribution is -2.37. The first-order chi connectivity index (χ1) is 12.0. The van der Waals surface area contributed by atoms with Crippen molar-refractivity contribution in [3.8, 4) is 0 Å². The Morgan fingerprint density at radius 1 is 1.12 bits per heavy atom. The topological polar surface area (TPSA) is 66.5 Å². The van der Waals surface area contributed by atoms with Gasteiger partial charge in [-0.1, -0.05) is 41.9 Å². The van der Waals surface area contributed by atoms with Crippen LogP contribution in [-0.4, -0.2) is 26.6 Å². The van der Waals surface area contributed by atoms with E-state index in [9.17, 15) is 13.2 Å². The first kappa shape index (κ1) is 17.8. The van der Waals surface area contributed by atoms with Crippen molar-refractivity contribution in [2.24, 2.45) is 0 Å². The first-order valence-electron chi connectivity index (χ1n) is 8.09. The largest absolute Gasteiger partial charge is 0.348 e. The normalized spacial score (nSPS) is 16.4. The molecule has 1 heterocycles. The van der Waals surface area contributed by atoms with Crippen molar-refractivity contribution in [3.05, 3.63) is 64.7 Å². The van der Waals surface area contributed by atoms with Gasteiger partial charge in [-0.25, -0.2) is 8.42 Å². The van der Waals surface area contributed by atoms with Crippen LogP contribution >= 0.6 is 11.6 Å². The number of carbonyl (C=O) groups excluding carboxylic acids is 1. The summed E-state index contributed by atoms with van der Waals surface area (Å²) in [5, 5.41) is 3.06. The number of halogens is 1. The van der Waals surface area contributed by atoms with Gasteiger partial charge in [0.1, 0.15) is 0 Å². The molecule has 5 nitrogen and oxygen atoms in total. The molecule has 0 atom stereocenters. The average molecular weight is 379 g/mol. The van der Waals surface area contributed by atoms with Gasteiger partial charge in [0, 0.05) is 13.1 Å². The maximum absolute atomic E-state index is 12.3. The molecule has 1 N–H and O–H groups in total. The quantitative estimate of drug-likeness (QED) is 0.888. The second kappa shape index (κ2) is 7.45. The number of hydrogen-bond acceptors (Lipinski definition) is 3. The van der Waals surface area contributed by atoms with E-state index in [4.69, 9.17) is 11.6 Å². The standard InChI is InChI=1S/C18H19ClN2O3S/c19-17-12-15(21-10-4-5-11-25(21,23)24)8-9-16(17)18(22)20-13-14-6-2-1-3-7-14/h1-3,6-9,12H,4-5,10-11,13H2,(H,20,22). The van der Waals surface area contributed by atoms with Crippen LogP contribution in [0.15, 0.2) is 48.5 Å². The van der Waals surface area contributed by atoms with Gasteiger partial charge in [0.05, 0.1) is 22.0 Å². The number of sulfonamides is 1. The molecule has 3 rings (SSSR count). The molecule has 1 aliphatic rings. The molecule has 25 heavy (non-hydrogen) atoms. The molecule has 2 aromatic carbocycles. The monoisotopic (exact) mass is 378 g/mol. The van der Waals surface area contributed by atoms with E-state index in [1.54, 1.807) is 18.2 Å². The fourth-order valence-electron chi connectivity index (χ4n) is 2.80. The molecule has 0 aromatic heterocycles. The van der Waals surface area contributed by atoms with E-state index in [1.807, 2.05) is 30.3 Å². The Hall–Kier alpha value is -2.05. The van der Waals surface area contributed by atoms with Gasteiger partial charge in [-0.15, -0.1) is 0 Å². The highest BCUT2D eigenvalue weighted by molar-refractivity contribution is 7.92. The number of anilines is 1. The van der Waals surface area contributed by atoms with Crippen molar-refractivity contribution in [2.45, 2.75) is 19.4 Å². The predicted molar refractivity (Wildman–Crippen MR) is 99.4 cm³/mol. The fourth-order valence-corrected chi connectivity index (χ4v) is 4.69. The van der Waals surface area contributed by atoms with Gasteiger partial charge in [0.25, 0.3) is 5.91 Å². The Morgan fingerprint density at radius 3 is 2.56 bits per heavy atom. The molecule has 1 saturated heterocycles. The van der Waals surface area contributed by atoms with E-state index in [1.165, 1.54) is 4.31 Å². The summed E-state index contributed by atoms with van der Waals surface area (Å²) in [4.78, 5) is 12.3. The van der Waals surface area contributed by atoms with Crippen molar-refractivity contribution in [1.82, 2.24) is 5.32 Å². The number of benzene rings is 2. The Kier molecular flexibility index (Phi) is 5.30.